The monoisotopic (exact) mass is 496 g/mol. The van der Waals surface area contributed by atoms with Gasteiger partial charge in [-0.3, -0.25) is 9.59 Å². The highest BCUT2D eigenvalue weighted by Crippen LogP contribution is 2.24. The van der Waals surface area contributed by atoms with Crippen molar-refractivity contribution in [2.24, 2.45) is 0 Å². The largest absolute Gasteiger partial charge is 0.467 e. The van der Waals surface area contributed by atoms with Crippen molar-refractivity contribution in [3.05, 3.63) is 22.5 Å². The van der Waals surface area contributed by atoms with Crippen LogP contribution in [0.5, 0.6) is 0 Å². The van der Waals surface area contributed by atoms with E-state index in [1.165, 1.54) is 35.9 Å². The minimum absolute atomic E-state index is 0.0683. The Labute approximate surface area is 202 Å². The number of carbonyl (C=O) groups is 4. The molecule has 1 aliphatic rings. The zero-order chi connectivity index (χ0) is 26.4. The third-order valence-electron chi connectivity index (χ3n) is 5.41. The molecule has 0 radical (unpaired) electrons. The van der Waals surface area contributed by atoms with Crippen molar-refractivity contribution < 1.29 is 33.6 Å². The first kappa shape index (κ1) is 27.5. The predicted molar refractivity (Wildman–Crippen MR) is 121 cm³/mol. The molecule has 1 aromatic rings. The molecule has 1 fully saturated rings. The number of alkyl carbamates (subject to hydrolysis) is 1. The average Bonchev–Trinajstić information content (AvgIpc) is 3.39. The van der Waals surface area contributed by atoms with E-state index in [0.29, 0.717) is 0 Å². The number of likely N-dealkylation sites (tertiary alicyclic amines) is 1. The summed E-state index contributed by atoms with van der Waals surface area (Å²) in [5.74, 6) is -1.98. The third kappa shape index (κ3) is 7.39. The number of amides is 3. The van der Waals surface area contributed by atoms with Gasteiger partial charge in [0.05, 0.1) is 20.2 Å². The number of ether oxygens (including phenoxy) is 2. The first-order valence-electron chi connectivity index (χ1n) is 11.1. The fourth-order valence-corrected chi connectivity index (χ4v) is 3.75. The van der Waals surface area contributed by atoms with Gasteiger partial charge in [-0.05, 0) is 38.5 Å². The summed E-state index contributed by atoms with van der Waals surface area (Å²) in [6.07, 6.45) is 2.38. The number of hydrogen-bond acceptors (Lipinski definition) is 9. The molecule has 0 saturated carbocycles. The molecule has 3 amide bonds. The summed E-state index contributed by atoms with van der Waals surface area (Å²) in [5.41, 5.74) is -2.28. The molecule has 2 rings (SSSR count). The number of aryl methyl sites for hydroxylation is 1. The van der Waals surface area contributed by atoms with Crippen LogP contribution in [0.2, 0.25) is 0 Å². The van der Waals surface area contributed by atoms with E-state index < -0.39 is 40.1 Å². The van der Waals surface area contributed by atoms with E-state index in [0.717, 1.165) is 0 Å². The molecular formula is C21H32N6O8. The third-order valence-corrected chi connectivity index (χ3v) is 5.41. The highest BCUT2D eigenvalue weighted by molar-refractivity contribution is 5.93. The Hall–Kier alpha value is -3.71. The highest BCUT2D eigenvalue weighted by Gasteiger charge is 2.48. The Kier molecular flexibility index (Phi) is 8.77. The van der Waals surface area contributed by atoms with Gasteiger partial charge in [0.1, 0.15) is 24.0 Å². The molecule has 1 unspecified atom stereocenters. The molecule has 1 aliphatic heterocycles. The fourth-order valence-electron chi connectivity index (χ4n) is 3.75. The number of carbonyl (C=O) groups excluding carboxylic acids is 4. The van der Waals surface area contributed by atoms with Crippen LogP contribution in [0.3, 0.4) is 0 Å². The maximum atomic E-state index is 13.2. The van der Waals surface area contributed by atoms with Gasteiger partial charge < -0.3 is 35.1 Å². The summed E-state index contributed by atoms with van der Waals surface area (Å²) >= 11 is 0. The summed E-state index contributed by atoms with van der Waals surface area (Å²) in [5, 5.41) is 16.2. The van der Waals surface area contributed by atoms with Crippen LogP contribution in [0.4, 0.5) is 10.7 Å². The predicted octanol–water partition coefficient (Wildman–Crippen LogP) is 0.745. The summed E-state index contributed by atoms with van der Waals surface area (Å²) in [6.45, 7) is 6.71. The van der Waals surface area contributed by atoms with Gasteiger partial charge in [-0.1, -0.05) is 4.98 Å². The molecule has 194 valence electrons. The molecule has 0 bridgehead atoms. The van der Waals surface area contributed by atoms with Gasteiger partial charge in [0.25, 0.3) is 0 Å². The Balaban J connectivity index is 2.18. The van der Waals surface area contributed by atoms with Crippen LogP contribution in [-0.4, -0.2) is 80.6 Å². The number of methoxy groups -OCH3 is 1. The number of aromatic nitrogens is 2. The quantitative estimate of drug-likeness (QED) is 0.284. The lowest BCUT2D eigenvalue weighted by Crippen LogP contribution is -2.61. The second kappa shape index (κ2) is 11.1. The molecule has 1 aromatic heterocycles. The first-order valence-corrected chi connectivity index (χ1v) is 11.1. The minimum Gasteiger partial charge on any atom is -0.467 e. The van der Waals surface area contributed by atoms with Crippen LogP contribution < -0.4 is 10.6 Å². The zero-order valence-electron chi connectivity index (χ0n) is 20.5. The number of nitrogens with zero attached hydrogens (tertiary/aromatic N) is 4. The molecule has 14 nitrogen and oxygen atoms in total. The van der Waals surface area contributed by atoms with Gasteiger partial charge in [-0.25, -0.2) is 14.2 Å². The molecule has 0 spiro atoms. The molecule has 14 heteroatoms. The van der Waals surface area contributed by atoms with Crippen LogP contribution >= 0.6 is 0 Å². The van der Waals surface area contributed by atoms with E-state index in [4.69, 9.17) is 9.47 Å². The van der Waals surface area contributed by atoms with Crippen molar-refractivity contribution in [3.63, 3.8) is 0 Å². The smallest absolute Gasteiger partial charge is 0.434 e. The number of nitro groups is 1. The number of hydrogen-bond donors (Lipinski definition) is 2. The number of esters is 1. The minimum atomic E-state index is -1.46. The van der Waals surface area contributed by atoms with E-state index in [-0.39, 0.29) is 50.8 Å². The van der Waals surface area contributed by atoms with Crippen LogP contribution in [0.15, 0.2) is 12.4 Å². The number of rotatable bonds is 9. The second-order valence-corrected chi connectivity index (χ2v) is 9.27. The Morgan fingerprint density at radius 2 is 2.00 bits per heavy atom. The normalized spacial score (nSPS) is 18.5. The fraction of sp³-hybridized carbons (Fsp3) is 0.667. The average molecular weight is 497 g/mol. The standard InChI is InChI=1S/C21H32N6O8/c1-14(28)26-11-8-21(13-26,17(30)34-5)24-16(29)15(23-19(31)35-20(2,3)4)7-6-10-25-12-9-22-18(25)27(32)33/h9,12,15H,6-8,10-11,13H2,1-5H3,(H,23,31)(H,24,29)/t15-,21?/m0/s1. The van der Waals surface area contributed by atoms with Gasteiger partial charge in [0, 0.05) is 19.9 Å². The highest BCUT2D eigenvalue weighted by atomic mass is 16.6. The van der Waals surface area contributed by atoms with Gasteiger partial charge >= 0.3 is 18.0 Å². The lowest BCUT2D eigenvalue weighted by molar-refractivity contribution is -0.396. The summed E-state index contributed by atoms with van der Waals surface area (Å²) < 4.78 is 11.5. The number of nitrogens with one attached hydrogen (secondary N) is 2. The van der Waals surface area contributed by atoms with Crippen LogP contribution in [-0.2, 0) is 30.4 Å². The lowest BCUT2D eigenvalue weighted by Gasteiger charge is -2.30. The topological polar surface area (TPSA) is 175 Å². The zero-order valence-corrected chi connectivity index (χ0v) is 20.5. The molecule has 1 saturated heterocycles. The SMILES string of the molecule is COC(=O)C1(NC(=O)[C@H](CCCn2ccnc2[N+](=O)[O-])NC(=O)OC(C)(C)C)CCN(C(C)=O)C1. The Morgan fingerprint density at radius 1 is 1.31 bits per heavy atom. The van der Waals surface area contributed by atoms with Gasteiger partial charge in [0.15, 0.2) is 5.54 Å². The molecule has 35 heavy (non-hydrogen) atoms. The first-order chi connectivity index (χ1) is 16.3. The van der Waals surface area contributed by atoms with Crippen LogP contribution in [0.1, 0.15) is 47.0 Å². The van der Waals surface area contributed by atoms with Crippen molar-refractivity contribution in [2.45, 2.75) is 70.7 Å². The van der Waals surface area contributed by atoms with Crippen molar-refractivity contribution in [3.8, 4) is 0 Å². The van der Waals surface area contributed by atoms with Crippen molar-refractivity contribution in [2.75, 3.05) is 20.2 Å². The summed E-state index contributed by atoms with van der Waals surface area (Å²) in [4.78, 5) is 65.6. The second-order valence-electron chi connectivity index (χ2n) is 9.27. The lowest BCUT2D eigenvalue weighted by atomic mass is 9.97. The molecular weight excluding hydrogens is 464 g/mol. The molecule has 0 aromatic carbocycles. The van der Waals surface area contributed by atoms with Gasteiger partial charge in [-0.2, -0.15) is 0 Å². The van der Waals surface area contributed by atoms with Crippen LogP contribution in [0.25, 0.3) is 0 Å². The van der Waals surface area contributed by atoms with Gasteiger partial charge in [-0.15, -0.1) is 0 Å². The Morgan fingerprint density at radius 3 is 2.54 bits per heavy atom. The van der Waals surface area contributed by atoms with Gasteiger partial charge in [0.2, 0.25) is 11.8 Å². The van der Waals surface area contributed by atoms with E-state index in [9.17, 15) is 29.3 Å². The molecule has 2 N–H and O–H groups in total. The van der Waals surface area contributed by atoms with E-state index in [1.807, 2.05) is 0 Å². The molecule has 2 heterocycles. The van der Waals surface area contributed by atoms with E-state index in [2.05, 4.69) is 15.6 Å². The Bertz CT molecular complexity index is 971. The molecule has 0 aliphatic carbocycles. The molecule has 2 atom stereocenters. The van der Waals surface area contributed by atoms with E-state index in [1.54, 1.807) is 20.8 Å². The number of imidazole rings is 1. The summed E-state index contributed by atoms with van der Waals surface area (Å²) in [6, 6.07) is -1.12. The van der Waals surface area contributed by atoms with Crippen molar-refractivity contribution in [1.82, 2.24) is 25.1 Å². The van der Waals surface area contributed by atoms with Crippen molar-refractivity contribution in [1.29, 1.82) is 0 Å². The van der Waals surface area contributed by atoms with Crippen molar-refractivity contribution >= 4 is 29.8 Å². The summed E-state index contributed by atoms with van der Waals surface area (Å²) in [7, 11) is 1.18. The van der Waals surface area contributed by atoms with E-state index >= 15 is 0 Å². The maximum absolute atomic E-state index is 13.2. The maximum Gasteiger partial charge on any atom is 0.434 e. The van der Waals surface area contributed by atoms with Crippen LogP contribution in [0, 0.1) is 10.1 Å².